The quantitative estimate of drug-likeness (QED) is 0.687. The van der Waals surface area contributed by atoms with Crippen LogP contribution in [0.4, 0.5) is 0 Å². The van der Waals surface area contributed by atoms with Gasteiger partial charge >= 0.3 is 0 Å². The molecule has 0 aromatic heterocycles. The molecular formula is C14H30N2. The van der Waals surface area contributed by atoms with E-state index in [4.69, 9.17) is 0 Å². The maximum atomic E-state index is 2.62. The lowest BCUT2D eigenvalue weighted by Gasteiger charge is -2.34. The lowest BCUT2D eigenvalue weighted by Crippen LogP contribution is -2.38. The molecule has 96 valence electrons. The molecule has 0 radical (unpaired) electrons. The van der Waals surface area contributed by atoms with Crippen molar-refractivity contribution >= 4 is 0 Å². The minimum Gasteiger partial charge on any atom is -0.306 e. The first-order valence-corrected chi connectivity index (χ1v) is 7.02. The van der Waals surface area contributed by atoms with Gasteiger partial charge in [0.05, 0.1) is 0 Å². The van der Waals surface area contributed by atoms with Gasteiger partial charge in [-0.05, 0) is 57.8 Å². The van der Waals surface area contributed by atoms with Crippen LogP contribution >= 0.6 is 0 Å². The van der Waals surface area contributed by atoms with E-state index in [1.165, 1.54) is 52.0 Å². The second-order valence-corrected chi connectivity index (χ2v) is 5.90. The number of likely N-dealkylation sites (tertiary alicyclic amines) is 1. The number of rotatable bonds is 6. The minimum atomic E-state index is 0.796. The van der Waals surface area contributed by atoms with Crippen LogP contribution < -0.4 is 0 Å². The van der Waals surface area contributed by atoms with Crippen LogP contribution in [-0.2, 0) is 0 Å². The van der Waals surface area contributed by atoms with Crippen molar-refractivity contribution in [1.82, 2.24) is 9.80 Å². The fourth-order valence-electron chi connectivity index (χ4n) is 2.85. The van der Waals surface area contributed by atoms with E-state index >= 15 is 0 Å². The molecular weight excluding hydrogens is 196 g/mol. The highest BCUT2D eigenvalue weighted by Gasteiger charge is 2.19. The SMILES string of the molecule is CCCN1CCC(CN(C)CC(C)C)CC1. The molecule has 2 heteroatoms. The van der Waals surface area contributed by atoms with Crippen LogP contribution in [-0.4, -0.2) is 49.6 Å². The van der Waals surface area contributed by atoms with E-state index in [-0.39, 0.29) is 0 Å². The van der Waals surface area contributed by atoms with Gasteiger partial charge in [-0.25, -0.2) is 0 Å². The Morgan fingerprint density at radius 2 is 1.88 bits per heavy atom. The van der Waals surface area contributed by atoms with Gasteiger partial charge in [-0.2, -0.15) is 0 Å². The van der Waals surface area contributed by atoms with Gasteiger partial charge in [0.25, 0.3) is 0 Å². The Morgan fingerprint density at radius 1 is 1.25 bits per heavy atom. The molecule has 16 heavy (non-hydrogen) atoms. The summed E-state index contributed by atoms with van der Waals surface area (Å²) in [6.07, 6.45) is 4.11. The number of piperidine rings is 1. The highest BCUT2D eigenvalue weighted by Crippen LogP contribution is 2.18. The van der Waals surface area contributed by atoms with Gasteiger partial charge in [-0.15, -0.1) is 0 Å². The van der Waals surface area contributed by atoms with Crippen LogP contribution in [0.15, 0.2) is 0 Å². The number of nitrogens with zero attached hydrogens (tertiary/aromatic N) is 2. The summed E-state index contributed by atoms with van der Waals surface area (Å²) in [6.45, 7) is 13.4. The summed E-state index contributed by atoms with van der Waals surface area (Å²) in [6, 6.07) is 0. The van der Waals surface area contributed by atoms with Crippen LogP contribution in [0.1, 0.15) is 40.0 Å². The Morgan fingerprint density at radius 3 is 2.38 bits per heavy atom. The predicted molar refractivity (Wildman–Crippen MR) is 71.8 cm³/mol. The second-order valence-electron chi connectivity index (χ2n) is 5.90. The zero-order valence-electron chi connectivity index (χ0n) is 11.7. The Kier molecular flexibility index (Phi) is 6.37. The summed E-state index contributed by atoms with van der Waals surface area (Å²) in [5.74, 6) is 1.74. The van der Waals surface area contributed by atoms with Crippen LogP contribution in [0, 0.1) is 11.8 Å². The number of hydrogen-bond donors (Lipinski definition) is 0. The fourth-order valence-corrected chi connectivity index (χ4v) is 2.85. The standard InChI is InChI=1S/C14H30N2/c1-5-8-16-9-6-14(7-10-16)12-15(4)11-13(2)3/h13-14H,5-12H2,1-4H3. The molecule has 0 saturated carbocycles. The summed E-state index contributed by atoms with van der Waals surface area (Å²) in [5.41, 5.74) is 0. The summed E-state index contributed by atoms with van der Waals surface area (Å²) in [7, 11) is 2.28. The van der Waals surface area contributed by atoms with Crippen LogP contribution in [0.3, 0.4) is 0 Å². The molecule has 0 amide bonds. The molecule has 0 atom stereocenters. The molecule has 0 unspecified atom stereocenters. The molecule has 0 N–H and O–H groups in total. The second kappa shape index (κ2) is 7.29. The topological polar surface area (TPSA) is 6.48 Å². The average Bonchev–Trinajstić information content (AvgIpc) is 2.20. The van der Waals surface area contributed by atoms with Crippen molar-refractivity contribution in [3.05, 3.63) is 0 Å². The van der Waals surface area contributed by atoms with Gasteiger partial charge in [0, 0.05) is 13.1 Å². The molecule has 1 saturated heterocycles. The van der Waals surface area contributed by atoms with Gasteiger partial charge in [0.1, 0.15) is 0 Å². The third-order valence-electron chi connectivity index (χ3n) is 3.49. The van der Waals surface area contributed by atoms with E-state index in [1.54, 1.807) is 0 Å². The molecule has 0 bridgehead atoms. The van der Waals surface area contributed by atoms with Crippen LogP contribution in [0.25, 0.3) is 0 Å². The maximum Gasteiger partial charge on any atom is 0.000767 e. The van der Waals surface area contributed by atoms with Gasteiger partial charge in [-0.1, -0.05) is 20.8 Å². The first kappa shape index (κ1) is 14.0. The van der Waals surface area contributed by atoms with Crippen molar-refractivity contribution in [3.63, 3.8) is 0 Å². The molecule has 0 aromatic carbocycles. The van der Waals surface area contributed by atoms with Crippen LogP contribution in [0.5, 0.6) is 0 Å². The van der Waals surface area contributed by atoms with Crippen molar-refractivity contribution < 1.29 is 0 Å². The average molecular weight is 226 g/mol. The summed E-state index contributed by atoms with van der Waals surface area (Å²) in [5, 5.41) is 0. The third kappa shape index (κ3) is 5.31. The first-order chi connectivity index (χ1) is 7.61. The predicted octanol–water partition coefficient (Wildman–Crippen LogP) is 2.70. The summed E-state index contributed by atoms with van der Waals surface area (Å²) >= 11 is 0. The molecule has 1 heterocycles. The third-order valence-corrected chi connectivity index (χ3v) is 3.49. The molecule has 1 fully saturated rings. The lowest BCUT2D eigenvalue weighted by molar-refractivity contribution is 0.150. The molecule has 1 aliphatic heterocycles. The van der Waals surface area contributed by atoms with E-state index < -0.39 is 0 Å². The molecule has 1 aliphatic rings. The van der Waals surface area contributed by atoms with E-state index in [9.17, 15) is 0 Å². The van der Waals surface area contributed by atoms with E-state index in [0.717, 1.165) is 11.8 Å². The van der Waals surface area contributed by atoms with Crippen molar-refractivity contribution in [2.75, 3.05) is 39.8 Å². The molecule has 1 rings (SSSR count). The van der Waals surface area contributed by atoms with Gasteiger partial charge < -0.3 is 9.80 Å². The Hall–Kier alpha value is -0.0800. The van der Waals surface area contributed by atoms with Crippen molar-refractivity contribution in [3.8, 4) is 0 Å². The Balaban J connectivity index is 2.16. The fraction of sp³-hybridized carbons (Fsp3) is 1.00. The van der Waals surface area contributed by atoms with Crippen molar-refractivity contribution in [1.29, 1.82) is 0 Å². The largest absolute Gasteiger partial charge is 0.306 e. The normalized spacial score (nSPS) is 19.9. The molecule has 0 aliphatic carbocycles. The van der Waals surface area contributed by atoms with Gasteiger partial charge in [0.2, 0.25) is 0 Å². The van der Waals surface area contributed by atoms with Crippen molar-refractivity contribution in [2.45, 2.75) is 40.0 Å². The van der Waals surface area contributed by atoms with E-state index in [1.807, 2.05) is 0 Å². The minimum absolute atomic E-state index is 0.796. The smallest absolute Gasteiger partial charge is 0.000767 e. The lowest BCUT2D eigenvalue weighted by atomic mass is 9.96. The highest BCUT2D eigenvalue weighted by atomic mass is 15.1. The molecule has 0 spiro atoms. The summed E-state index contributed by atoms with van der Waals surface area (Å²) < 4.78 is 0. The van der Waals surface area contributed by atoms with Crippen LogP contribution in [0.2, 0.25) is 0 Å². The zero-order chi connectivity index (χ0) is 12.0. The van der Waals surface area contributed by atoms with Gasteiger partial charge in [-0.3, -0.25) is 0 Å². The first-order valence-electron chi connectivity index (χ1n) is 7.02. The monoisotopic (exact) mass is 226 g/mol. The van der Waals surface area contributed by atoms with E-state index in [0.29, 0.717) is 0 Å². The zero-order valence-corrected chi connectivity index (χ0v) is 11.7. The van der Waals surface area contributed by atoms with Gasteiger partial charge in [0.15, 0.2) is 0 Å². The molecule has 0 aromatic rings. The maximum absolute atomic E-state index is 2.62. The number of hydrogen-bond acceptors (Lipinski definition) is 2. The Labute approximate surface area is 102 Å². The van der Waals surface area contributed by atoms with E-state index in [2.05, 4.69) is 37.6 Å². The Bertz CT molecular complexity index is 172. The highest BCUT2D eigenvalue weighted by molar-refractivity contribution is 4.74. The molecule has 2 nitrogen and oxygen atoms in total. The van der Waals surface area contributed by atoms with Crippen molar-refractivity contribution in [2.24, 2.45) is 11.8 Å². The summed E-state index contributed by atoms with van der Waals surface area (Å²) in [4.78, 5) is 5.14.